The van der Waals surface area contributed by atoms with Gasteiger partial charge in [0.2, 0.25) is 11.8 Å². The van der Waals surface area contributed by atoms with Crippen LogP contribution >= 0.6 is 0 Å². The van der Waals surface area contributed by atoms with Crippen LogP contribution in [0.4, 0.5) is 5.69 Å². The molecule has 5 nitrogen and oxygen atoms in total. The summed E-state index contributed by atoms with van der Waals surface area (Å²) in [6.45, 7) is 2.68. The SMILES string of the molecule is C[C@H](CC(=O)Nc1cc(C(N)=O)ccc1CN(C)C)c1ccccc1. The summed E-state index contributed by atoms with van der Waals surface area (Å²) in [5.41, 5.74) is 8.44. The zero-order valence-electron chi connectivity index (χ0n) is 15.0. The first-order chi connectivity index (χ1) is 11.9. The summed E-state index contributed by atoms with van der Waals surface area (Å²) < 4.78 is 0. The number of nitrogens with one attached hydrogen (secondary N) is 1. The smallest absolute Gasteiger partial charge is 0.248 e. The fourth-order valence-electron chi connectivity index (χ4n) is 2.70. The highest BCUT2D eigenvalue weighted by Gasteiger charge is 2.14. The fourth-order valence-corrected chi connectivity index (χ4v) is 2.70. The monoisotopic (exact) mass is 339 g/mol. The molecular formula is C20H25N3O2. The molecule has 0 bridgehead atoms. The predicted octanol–water partition coefficient (Wildman–Crippen LogP) is 2.98. The van der Waals surface area contributed by atoms with Crippen molar-refractivity contribution in [1.82, 2.24) is 4.90 Å². The Kier molecular flexibility index (Phi) is 6.31. The highest BCUT2D eigenvalue weighted by molar-refractivity contribution is 5.97. The average Bonchev–Trinajstić information content (AvgIpc) is 2.56. The van der Waals surface area contributed by atoms with E-state index in [0.29, 0.717) is 24.2 Å². The molecule has 0 fully saturated rings. The molecule has 132 valence electrons. The molecule has 5 heteroatoms. The lowest BCUT2D eigenvalue weighted by atomic mass is 9.97. The van der Waals surface area contributed by atoms with E-state index >= 15 is 0 Å². The second kappa shape index (κ2) is 8.44. The lowest BCUT2D eigenvalue weighted by Crippen LogP contribution is -2.19. The molecule has 0 aliphatic heterocycles. The van der Waals surface area contributed by atoms with E-state index in [9.17, 15) is 9.59 Å². The van der Waals surface area contributed by atoms with Gasteiger partial charge in [-0.3, -0.25) is 9.59 Å². The van der Waals surface area contributed by atoms with Crippen molar-refractivity contribution in [3.05, 3.63) is 65.2 Å². The van der Waals surface area contributed by atoms with E-state index in [1.165, 1.54) is 0 Å². The van der Waals surface area contributed by atoms with Crippen LogP contribution in [0.1, 0.15) is 40.7 Å². The Morgan fingerprint density at radius 1 is 1.12 bits per heavy atom. The van der Waals surface area contributed by atoms with Crippen molar-refractivity contribution in [2.45, 2.75) is 25.8 Å². The highest BCUT2D eigenvalue weighted by atomic mass is 16.2. The molecule has 0 radical (unpaired) electrons. The molecular weight excluding hydrogens is 314 g/mol. The van der Waals surface area contributed by atoms with Crippen molar-refractivity contribution in [2.75, 3.05) is 19.4 Å². The van der Waals surface area contributed by atoms with Crippen molar-refractivity contribution in [3.63, 3.8) is 0 Å². The largest absolute Gasteiger partial charge is 0.366 e. The van der Waals surface area contributed by atoms with Gasteiger partial charge < -0.3 is 16.0 Å². The van der Waals surface area contributed by atoms with Gasteiger partial charge in [0.05, 0.1) is 0 Å². The van der Waals surface area contributed by atoms with Crippen LogP contribution in [0.3, 0.4) is 0 Å². The Hall–Kier alpha value is -2.66. The van der Waals surface area contributed by atoms with Gasteiger partial charge in [-0.2, -0.15) is 0 Å². The van der Waals surface area contributed by atoms with Crippen LogP contribution in [-0.4, -0.2) is 30.8 Å². The lowest BCUT2D eigenvalue weighted by molar-refractivity contribution is -0.116. The maximum atomic E-state index is 12.5. The summed E-state index contributed by atoms with van der Waals surface area (Å²) >= 11 is 0. The molecule has 0 spiro atoms. The second-order valence-electron chi connectivity index (χ2n) is 6.54. The molecule has 0 aromatic heterocycles. The molecule has 0 heterocycles. The molecule has 0 aliphatic carbocycles. The third-order valence-electron chi connectivity index (χ3n) is 4.02. The summed E-state index contributed by atoms with van der Waals surface area (Å²) in [4.78, 5) is 25.9. The number of nitrogens with two attached hydrogens (primary N) is 1. The summed E-state index contributed by atoms with van der Waals surface area (Å²) in [6.07, 6.45) is 0.367. The third kappa shape index (κ3) is 5.43. The minimum atomic E-state index is -0.510. The molecule has 0 saturated heterocycles. The number of nitrogens with zero attached hydrogens (tertiary/aromatic N) is 1. The van der Waals surface area contributed by atoms with Crippen LogP contribution < -0.4 is 11.1 Å². The van der Waals surface area contributed by atoms with Gasteiger partial charge in [-0.15, -0.1) is 0 Å². The van der Waals surface area contributed by atoms with Crippen LogP contribution in [0, 0.1) is 0 Å². The van der Waals surface area contributed by atoms with E-state index in [2.05, 4.69) is 5.32 Å². The van der Waals surface area contributed by atoms with Gasteiger partial charge in [-0.1, -0.05) is 43.3 Å². The molecule has 2 amide bonds. The average molecular weight is 339 g/mol. The number of benzene rings is 2. The van der Waals surface area contributed by atoms with Crippen LogP contribution in [0.2, 0.25) is 0 Å². The summed E-state index contributed by atoms with van der Waals surface area (Å²) in [7, 11) is 3.90. The number of hydrogen-bond acceptors (Lipinski definition) is 3. The first-order valence-electron chi connectivity index (χ1n) is 8.29. The van der Waals surface area contributed by atoms with Gasteiger partial charge in [-0.25, -0.2) is 0 Å². The Balaban J connectivity index is 2.15. The van der Waals surface area contributed by atoms with E-state index in [1.807, 2.05) is 62.3 Å². The first kappa shape index (κ1) is 18.7. The van der Waals surface area contributed by atoms with Crippen molar-refractivity contribution in [3.8, 4) is 0 Å². The Bertz CT molecular complexity index is 742. The van der Waals surface area contributed by atoms with Gasteiger partial charge in [0, 0.05) is 24.2 Å². The van der Waals surface area contributed by atoms with E-state index < -0.39 is 5.91 Å². The van der Waals surface area contributed by atoms with Crippen molar-refractivity contribution in [1.29, 1.82) is 0 Å². The maximum absolute atomic E-state index is 12.5. The third-order valence-corrected chi connectivity index (χ3v) is 4.02. The first-order valence-corrected chi connectivity index (χ1v) is 8.29. The number of amides is 2. The zero-order valence-corrected chi connectivity index (χ0v) is 15.0. The van der Waals surface area contributed by atoms with Crippen LogP contribution in [0.15, 0.2) is 48.5 Å². The number of hydrogen-bond donors (Lipinski definition) is 2. The minimum Gasteiger partial charge on any atom is -0.366 e. The minimum absolute atomic E-state index is 0.0852. The summed E-state index contributed by atoms with van der Waals surface area (Å²) in [5, 5.41) is 2.94. The maximum Gasteiger partial charge on any atom is 0.248 e. The number of primary amides is 1. The second-order valence-corrected chi connectivity index (χ2v) is 6.54. The molecule has 3 N–H and O–H groups in total. The molecule has 0 saturated carbocycles. The van der Waals surface area contributed by atoms with Crippen molar-refractivity contribution >= 4 is 17.5 Å². The van der Waals surface area contributed by atoms with Crippen LogP contribution in [0.25, 0.3) is 0 Å². The van der Waals surface area contributed by atoms with Crippen LogP contribution in [-0.2, 0) is 11.3 Å². The van der Waals surface area contributed by atoms with E-state index in [-0.39, 0.29) is 11.8 Å². The Labute approximate surface area is 148 Å². The van der Waals surface area contributed by atoms with Gasteiger partial charge in [0.15, 0.2) is 0 Å². The molecule has 2 aromatic rings. The quantitative estimate of drug-likeness (QED) is 0.814. The Morgan fingerprint density at radius 2 is 1.80 bits per heavy atom. The predicted molar refractivity (Wildman–Crippen MR) is 100 cm³/mol. The van der Waals surface area contributed by atoms with Crippen molar-refractivity contribution in [2.24, 2.45) is 5.73 Å². The van der Waals surface area contributed by atoms with Gasteiger partial charge >= 0.3 is 0 Å². The van der Waals surface area contributed by atoms with Gasteiger partial charge in [-0.05, 0) is 43.3 Å². The van der Waals surface area contributed by atoms with Gasteiger partial charge in [0.1, 0.15) is 0 Å². The van der Waals surface area contributed by atoms with E-state index in [1.54, 1.807) is 12.1 Å². The van der Waals surface area contributed by atoms with Crippen LogP contribution in [0.5, 0.6) is 0 Å². The molecule has 2 aromatic carbocycles. The summed E-state index contributed by atoms with van der Waals surface area (Å²) in [6, 6.07) is 15.1. The van der Waals surface area contributed by atoms with E-state index in [0.717, 1.165) is 11.1 Å². The summed E-state index contributed by atoms with van der Waals surface area (Å²) in [5.74, 6) is -0.486. The topological polar surface area (TPSA) is 75.4 Å². The number of carbonyl (C=O) groups is 2. The normalized spacial score (nSPS) is 12.0. The molecule has 25 heavy (non-hydrogen) atoms. The number of rotatable bonds is 7. The van der Waals surface area contributed by atoms with Gasteiger partial charge in [0.25, 0.3) is 0 Å². The van der Waals surface area contributed by atoms with E-state index in [4.69, 9.17) is 5.73 Å². The highest BCUT2D eigenvalue weighted by Crippen LogP contribution is 2.22. The Morgan fingerprint density at radius 3 is 2.40 bits per heavy atom. The molecule has 0 unspecified atom stereocenters. The molecule has 2 rings (SSSR count). The zero-order chi connectivity index (χ0) is 18.4. The van der Waals surface area contributed by atoms with Crippen molar-refractivity contribution < 1.29 is 9.59 Å². The lowest BCUT2D eigenvalue weighted by Gasteiger charge is -2.17. The number of anilines is 1. The standard InChI is InChI=1S/C20H25N3O2/c1-14(15-7-5-4-6-8-15)11-19(24)22-18-12-16(20(21)25)9-10-17(18)13-23(2)3/h4-10,12,14H,11,13H2,1-3H3,(H2,21,25)(H,22,24)/t14-/m1/s1. The molecule has 0 aliphatic rings. The fraction of sp³-hybridized carbons (Fsp3) is 0.300. The number of carbonyl (C=O) groups excluding carboxylic acids is 2. The molecule has 1 atom stereocenters.